The molecule has 0 unspecified atom stereocenters. The van der Waals surface area contributed by atoms with Crippen molar-refractivity contribution in [3.8, 4) is 5.75 Å². The molecule has 1 aromatic carbocycles. The number of rotatable bonds is 6. The number of nitrogens with one attached hydrogen (secondary N) is 1. The van der Waals surface area contributed by atoms with Crippen molar-refractivity contribution >= 4 is 11.6 Å². The Kier molecular flexibility index (Phi) is 4.39. The first-order valence-corrected chi connectivity index (χ1v) is 5.96. The molecule has 19 heavy (non-hydrogen) atoms. The zero-order chi connectivity index (χ0) is 13.5. The van der Waals surface area contributed by atoms with Gasteiger partial charge >= 0.3 is 0 Å². The number of carbonyl (C=O) groups is 1. The first-order chi connectivity index (χ1) is 9.24. The number of nitrogen functional groups attached to an aromatic ring is 1. The van der Waals surface area contributed by atoms with E-state index in [1.807, 2.05) is 12.3 Å². The van der Waals surface area contributed by atoms with Gasteiger partial charge in [-0.15, -0.1) is 0 Å². The number of hydrogen-bond acceptors (Lipinski definition) is 4. The number of nitrogens with zero attached hydrogens (tertiary/aromatic N) is 2. The molecule has 0 spiro atoms. The van der Waals surface area contributed by atoms with Crippen molar-refractivity contribution in [1.29, 1.82) is 0 Å². The lowest BCUT2D eigenvalue weighted by atomic mass is 10.3. The van der Waals surface area contributed by atoms with Crippen molar-refractivity contribution in [2.75, 3.05) is 18.9 Å². The van der Waals surface area contributed by atoms with Gasteiger partial charge in [0.05, 0.1) is 6.54 Å². The van der Waals surface area contributed by atoms with Crippen LogP contribution in [-0.2, 0) is 11.3 Å². The molecule has 0 aliphatic rings. The van der Waals surface area contributed by atoms with E-state index in [2.05, 4.69) is 10.4 Å². The second-order valence-electron chi connectivity index (χ2n) is 3.98. The zero-order valence-electron chi connectivity index (χ0n) is 10.5. The molecule has 3 N–H and O–H groups in total. The number of nitrogens with two attached hydrogens (primary N) is 1. The Hall–Kier alpha value is -2.50. The summed E-state index contributed by atoms with van der Waals surface area (Å²) in [4.78, 5) is 11.5. The normalized spacial score (nSPS) is 10.1. The molecule has 6 heteroatoms. The summed E-state index contributed by atoms with van der Waals surface area (Å²) in [6, 6.07) is 8.75. The molecule has 1 amide bonds. The number of aromatic nitrogens is 2. The van der Waals surface area contributed by atoms with E-state index in [9.17, 15) is 4.79 Å². The summed E-state index contributed by atoms with van der Waals surface area (Å²) in [5.74, 6) is 0.459. The smallest absolute Gasteiger partial charge is 0.258 e. The van der Waals surface area contributed by atoms with Gasteiger partial charge in [0.2, 0.25) is 0 Å². The third-order valence-corrected chi connectivity index (χ3v) is 2.47. The minimum absolute atomic E-state index is 0.0109. The van der Waals surface area contributed by atoms with E-state index in [0.717, 1.165) is 0 Å². The second kappa shape index (κ2) is 6.44. The number of amides is 1. The summed E-state index contributed by atoms with van der Waals surface area (Å²) >= 11 is 0. The number of carbonyl (C=O) groups excluding carboxylic acids is 1. The summed E-state index contributed by atoms with van der Waals surface area (Å²) in [7, 11) is 0. The number of hydrogen-bond donors (Lipinski definition) is 2. The van der Waals surface area contributed by atoms with Gasteiger partial charge in [0.25, 0.3) is 5.91 Å². The zero-order valence-corrected chi connectivity index (χ0v) is 10.5. The summed E-state index contributed by atoms with van der Waals surface area (Å²) < 4.78 is 7.07. The van der Waals surface area contributed by atoms with E-state index in [4.69, 9.17) is 10.5 Å². The summed E-state index contributed by atoms with van der Waals surface area (Å²) in [6.45, 7) is 1.15. The summed E-state index contributed by atoms with van der Waals surface area (Å²) in [5, 5.41) is 6.79. The fourth-order valence-corrected chi connectivity index (χ4v) is 1.51. The number of benzene rings is 1. The molecule has 2 rings (SSSR count). The molecular weight excluding hydrogens is 244 g/mol. The topological polar surface area (TPSA) is 82.2 Å². The minimum Gasteiger partial charge on any atom is -0.484 e. The van der Waals surface area contributed by atoms with Crippen molar-refractivity contribution in [2.45, 2.75) is 6.54 Å². The standard InChI is InChI=1S/C13H16N4O2/c14-11-2-4-12(5-3-11)19-10-13(18)15-7-9-17-8-1-6-16-17/h1-6,8H,7,9-10,14H2,(H,15,18). The van der Waals surface area contributed by atoms with E-state index in [1.165, 1.54) is 0 Å². The minimum atomic E-state index is -0.163. The maximum absolute atomic E-state index is 11.5. The largest absolute Gasteiger partial charge is 0.484 e. The SMILES string of the molecule is Nc1ccc(OCC(=O)NCCn2cccn2)cc1. The maximum atomic E-state index is 11.5. The van der Waals surface area contributed by atoms with Crippen molar-refractivity contribution in [3.63, 3.8) is 0 Å². The Morgan fingerprint density at radius 1 is 1.37 bits per heavy atom. The van der Waals surface area contributed by atoms with Gasteiger partial charge in [0.1, 0.15) is 5.75 Å². The highest BCUT2D eigenvalue weighted by Crippen LogP contribution is 2.12. The molecular formula is C13H16N4O2. The van der Waals surface area contributed by atoms with Gasteiger partial charge in [-0.2, -0.15) is 5.10 Å². The van der Waals surface area contributed by atoms with Gasteiger partial charge in [-0.25, -0.2) is 0 Å². The van der Waals surface area contributed by atoms with Crippen molar-refractivity contribution < 1.29 is 9.53 Å². The molecule has 0 aliphatic carbocycles. The summed E-state index contributed by atoms with van der Waals surface area (Å²) in [5.41, 5.74) is 6.21. The van der Waals surface area contributed by atoms with Crippen molar-refractivity contribution in [2.24, 2.45) is 0 Å². The Morgan fingerprint density at radius 3 is 2.84 bits per heavy atom. The summed E-state index contributed by atoms with van der Waals surface area (Å²) in [6.07, 6.45) is 3.54. The number of anilines is 1. The molecule has 6 nitrogen and oxygen atoms in total. The van der Waals surface area contributed by atoms with Crippen LogP contribution in [0.25, 0.3) is 0 Å². The molecule has 0 fully saturated rings. The van der Waals surface area contributed by atoms with Gasteiger partial charge in [-0.3, -0.25) is 9.48 Å². The first-order valence-electron chi connectivity index (χ1n) is 5.96. The molecule has 2 aromatic rings. The predicted molar refractivity (Wildman–Crippen MR) is 71.6 cm³/mol. The van der Waals surface area contributed by atoms with Crippen LogP contribution in [0.5, 0.6) is 5.75 Å². The lowest BCUT2D eigenvalue weighted by Crippen LogP contribution is -2.31. The van der Waals surface area contributed by atoms with Gasteiger partial charge in [-0.05, 0) is 30.3 Å². The van der Waals surface area contributed by atoms with Crippen LogP contribution in [0.3, 0.4) is 0 Å². The predicted octanol–water partition coefficient (Wildman–Crippen LogP) is 0.660. The van der Waals surface area contributed by atoms with Crippen LogP contribution in [-0.4, -0.2) is 28.8 Å². The third kappa shape index (κ3) is 4.34. The van der Waals surface area contributed by atoms with Gasteiger partial charge < -0.3 is 15.8 Å². The Bertz CT molecular complexity index is 508. The molecule has 1 aromatic heterocycles. The van der Waals surface area contributed by atoms with Gasteiger partial charge in [0.15, 0.2) is 6.61 Å². The second-order valence-corrected chi connectivity index (χ2v) is 3.98. The highest BCUT2D eigenvalue weighted by molar-refractivity contribution is 5.77. The molecule has 1 heterocycles. The van der Waals surface area contributed by atoms with Gasteiger partial charge in [-0.1, -0.05) is 0 Å². The third-order valence-electron chi connectivity index (χ3n) is 2.47. The molecule has 0 radical (unpaired) electrons. The Labute approximate surface area is 111 Å². The maximum Gasteiger partial charge on any atom is 0.258 e. The monoisotopic (exact) mass is 260 g/mol. The van der Waals surface area contributed by atoms with Crippen LogP contribution in [0.2, 0.25) is 0 Å². The lowest BCUT2D eigenvalue weighted by Gasteiger charge is -2.07. The van der Waals surface area contributed by atoms with Crippen molar-refractivity contribution in [3.05, 3.63) is 42.7 Å². The average molecular weight is 260 g/mol. The average Bonchev–Trinajstić information content (AvgIpc) is 2.91. The van der Waals surface area contributed by atoms with Crippen LogP contribution in [0.15, 0.2) is 42.7 Å². The van der Waals surface area contributed by atoms with E-state index >= 15 is 0 Å². The van der Waals surface area contributed by atoms with Crippen LogP contribution in [0.4, 0.5) is 5.69 Å². The molecule has 100 valence electrons. The Morgan fingerprint density at radius 2 is 2.16 bits per heavy atom. The van der Waals surface area contributed by atoms with E-state index in [1.54, 1.807) is 35.1 Å². The number of ether oxygens (including phenoxy) is 1. The van der Waals surface area contributed by atoms with E-state index in [-0.39, 0.29) is 12.5 Å². The lowest BCUT2D eigenvalue weighted by molar-refractivity contribution is -0.123. The van der Waals surface area contributed by atoms with Crippen LogP contribution >= 0.6 is 0 Å². The quantitative estimate of drug-likeness (QED) is 0.747. The Balaban J connectivity index is 1.65. The van der Waals surface area contributed by atoms with Crippen LogP contribution < -0.4 is 15.8 Å². The fraction of sp³-hybridized carbons (Fsp3) is 0.231. The van der Waals surface area contributed by atoms with E-state index in [0.29, 0.717) is 24.5 Å². The molecule has 0 saturated heterocycles. The highest BCUT2D eigenvalue weighted by atomic mass is 16.5. The van der Waals surface area contributed by atoms with Crippen LogP contribution in [0, 0.1) is 0 Å². The van der Waals surface area contributed by atoms with Gasteiger partial charge in [0, 0.05) is 24.6 Å². The molecule has 0 aliphatic heterocycles. The highest BCUT2D eigenvalue weighted by Gasteiger charge is 2.02. The van der Waals surface area contributed by atoms with E-state index < -0.39 is 0 Å². The van der Waals surface area contributed by atoms with Crippen molar-refractivity contribution in [1.82, 2.24) is 15.1 Å². The van der Waals surface area contributed by atoms with Crippen LogP contribution in [0.1, 0.15) is 0 Å². The first kappa shape index (κ1) is 12.9. The molecule has 0 atom stereocenters. The molecule has 0 bridgehead atoms. The fourth-order valence-electron chi connectivity index (χ4n) is 1.51. The molecule has 0 saturated carbocycles.